The lowest BCUT2D eigenvalue weighted by Crippen LogP contribution is -2.13. The first-order valence-corrected chi connectivity index (χ1v) is 9.75. The second kappa shape index (κ2) is 8.17. The average Bonchev–Trinajstić information content (AvgIpc) is 3.24. The van der Waals surface area contributed by atoms with Crippen LogP contribution in [0.25, 0.3) is 11.0 Å². The van der Waals surface area contributed by atoms with Gasteiger partial charge in [-0.25, -0.2) is 24.3 Å². The maximum atomic E-state index is 14.5. The molecule has 0 unspecified atom stereocenters. The monoisotopic (exact) mass is 436 g/mol. The first kappa shape index (κ1) is 21.1. The molecule has 1 aromatic carbocycles. The van der Waals surface area contributed by atoms with Gasteiger partial charge in [0, 0.05) is 24.1 Å². The fourth-order valence-corrected chi connectivity index (χ4v) is 2.83. The molecule has 0 spiro atoms. The average molecular weight is 436 g/mol. The van der Waals surface area contributed by atoms with Crippen LogP contribution in [-0.2, 0) is 5.41 Å². The minimum atomic E-state index is -0.562. The summed E-state index contributed by atoms with van der Waals surface area (Å²) < 4.78 is 19.8. The van der Waals surface area contributed by atoms with E-state index in [2.05, 4.69) is 41.0 Å². The van der Waals surface area contributed by atoms with Crippen molar-refractivity contribution in [2.75, 3.05) is 23.0 Å². The first-order valence-electron chi connectivity index (χ1n) is 9.75. The molecular weight excluding hydrogens is 415 g/mol. The van der Waals surface area contributed by atoms with Crippen molar-refractivity contribution >= 4 is 40.2 Å². The zero-order chi connectivity index (χ0) is 22.9. The number of anilines is 4. The third-order valence-corrected chi connectivity index (χ3v) is 4.57. The molecule has 164 valence electrons. The van der Waals surface area contributed by atoms with Crippen LogP contribution in [0, 0.1) is 5.82 Å². The molecule has 11 heteroatoms. The summed E-state index contributed by atoms with van der Waals surface area (Å²) in [6, 6.07) is 5.61. The van der Waals surface area contributed by atoms with E-state index in [1.807, 2.05) is 20.8 Å². The number of benzene rings is 1. The number of nitrogens with one attached hydrogen (secondary N) is 3. The van der Waals surface area contributed by atoms with Gasteiger partial charge in [-0.1, -0.05) is 25.9 Å². The Hall–Kier alpha value is -4.15. The predicted octanol–water partition coefficient (Wildman–Crippen LogP) is 3.88. The van der Waals surface area contributed by atoms with Crippen LogP contribution in [0.4, 0.5) is 27.7 Å². The highest BCUT2D eigenvalue weighted by molar-refractivity contribution is 6.04. The Morgan fingerprint density at radius 2 is 1.94 bits per heavy atom. The van der Waals surface area contributed by atoms with Gasteiger partial charge in [0.15, 0.2) is 11.6 Å². The lowest BCUT2D eigenvalue weighted by atomic mass is 9.93. The highest BCUT2D eigenvalue weighted by Crippen LogP contribution is 2.26. The summed E-state index contributed by atoms with van der Waals surface area (Å²) in [4.78, 5) is 29.4. The molecule has 3 heterocycles. The molecule has 0 bridgehead atoms. The zero-order valence-corrected chi connectivity index (χ0v) is 17.9. The van der Waals surface area contributed by atoms with Crippen molar-refractivity contribution in [3.8, 4) is 0 Å². The summed E-state index contributed by atoms with van der Waals surface area (Å²) in [5, 5.41) is 12.3. The third-order valence-electron chi connectivity index (χ3n) is 4.57. The van der Waals surface area contributed by atoms with Crippen molar-refractivity contribution in [1.82, 2.24) is 25.1 Å². The molecule has 1 amide bonds. The smallest absolute Gasteiger partial charge is 0.256 e. The molecular formula is C21H21FN8O2. The van der Waals surface area contributed by atoms with Gasteiger partial charge < -0.3 is 20.5 Å². The summed E-state index contributed by atoms with van der Waals surface area (Å²) in [6.07, 6.45) is 2.85. The number of hydrogen-bond acceptors (Lipinski definition) is 9. The molecule has 4 rings (SSSR count). The van der Waals surface area contributed by atoms with Crippen molar-refractivity contribution < 1.29 is 13.7 Å². The molecule has 0 fully saturated rings. The summed E-state index contributed by atoms with van der Waals surface area (Å²) in [5.41, 5.74) is 0.908. The second-order valence-corrected chi connectivity index (χ2v) is 8.00. The Labute approximate surface area is 182 Å². The number of carbonyl (C=O) groups excluding carboxylic acids is 1. The van der Waals surface area contributed by atoms with Crippen LogP contribution in [0.15, 0.2) is 41.3 Å². The maximum absolute atomic E-state index is 14.5. The maximum Gasteiger partial charge on any atom is 0.256 e. The van der Waals surface area contributed by atoms with Crippen LogP contribution in [0.3, 0.4) is 0 Å². The van der Waals surface area contributed by atoms with E-state index in [0.29, 0.717) is 22.7 Å². The van der Waals surface area contributed by atoms with Crippen LogP contribution in [-0.4, -0.2) is 38.0 Å². The minimum Gasteiger partial charge on any atom is -0.359 e. The van der Waals surface area contributed by atoms with E-state index >= 15 is 0 Å². The van der Waals surface area contributed by atoms with Gasteiger partial charge in [0.2, 0.25) is 5.95 Å². The van der Waals surface area contributed by atoms with Crippen LogP contribution < -0.4 is 16.0 Å². The molecule has 4 aromatic rings. The number of fused-ring (bicyclic) bond motifs is 1. The van der Waals surface area contributed by atoms with Gasteiger partial charge in [0.25, 0.3) is 5.91 Å². The molecule has 3 N–H and O–H groups in total. The van der Waals surface area contributed by atoms with E-state index in [1.165, 1.54) is 30.7 Å². The molecule has 0 atom stereocenters. The Kier molecular flexibility index (Phi) is 5.39. The third kappa shape index (κ3) is 4.31. The van der Waals surface area contributed by atoms with E-state index in [9.17, 15) is 9.18 Å². The molecule has 0 radical (unpaired) electrons. The van der Waals surface area contributed by atoms with Crippen molar-refractivity contribution in [3.05, 3.63) is 53.9 Å². The number of aromatic nitrogens is 5. The SMILES string of the molecule is CNc1ncc2ncnc(Nc3cc(C(=O)Nc4cc(C(C)(C)C)on4)ccc3F)c2n1. The van der Waals surface area contributed by atoms with Crippen LogP contribution in [0.1, 0.15) is 36.9 Å². The molecule has 0 aliphatic carbocycles. The number of rotatable bonds is 5. The van der Waals surface area contributed by atoms with E-state index < -0.39 is 11.7 Å². The Balaban J connectivity index is 1.60. The zero-order valence-electron chi connectivity index (χ0n) is 17.9. The van der Waals surface area contributed by atoms with Crippen molar-refractivity contribution in [1.29, 1.82) is 0 Å². The number of halogens is 1. The van der Waals surface area contributed by atoms with Gasteiger partial charge >= 0.3 is 0 Å². The standard InChI is InChI=1S/C21H21FN8O2/c1-21(2,3)15-8-16(30-32-15)28-19(31)11-5-6-12(22)13(7-11)27-18-17-14(25-10-26-18)9-24-20(23-4)29-17/h5-10H,1-4H3,(H,23,24,29)(H,25,26,27)(H,28,30,31). The molecule has 0 saturated heterocycles. The molecule has 32 heavy (non-hydrogen) atoms. The molecule has 0 aliphatic heterocycles. The fraction of sp³-hybridized carbons (Fsp3) is 0.238. The molecule has 0 aliphatic rings. The number of amides is 1. The summed E-state index contributed by atoms with van der Waals surface area (Å²) in [6.45, 7) is 5.91. The van der Waals surface area contributed by atoms with Crippen molar-refractivity contribution in [2.24, 2.45) is 0 Å². The number of nitrogens with zero attached hydrogens (tertiary/aromatic N) is 5. The van der Waals surface area contributed by atoms with Crippen molar-refractivity contribution in [2.45, 2.75) is 26.2 Å². The molecule has 3 aromatic heterocycles. The second-order valence-electron chi connectivity index (χ2n) is 8.00. The van der Waals surface area contributed by atoms with E-state index in [1.54, 1.807) is 13.1 Å². The van der Waals surface area contributed by atoms with Gasteiger partial charge in [-0.15, -0.1) is 0 Å². The number of hydrogen-bond donors (Lipinski definition) is 3. The predicted molar refractivity (Wildman–Crippen MR) is 118 cm³/mol. The Morgan fingerprint density at radius 3 is 2.66 bits per heavy atom. The highest BCUT2D eigenvalue weighted by atomic mass is 19.1. The van der Waals surface area contributed by atoms with E-state index in [4.69, 9.17) is 4.52 Å². The molecule has 0 saturated carbocycles. The Morgan fingerprint density at radius 1 is 1.12 bits per heavy atom. The highest BCUT2D eigenvalue weighted by Gasteiger charge is 2.21. The lowest BCUT2D eigenvalue weighted by Gasteiger charge is -2.12. The summed E-state index contributed by atoms with van der Waals surface area (Å²) in [7, 11) is 1.68. The topological polar surface area (TPSA) is 131 Å². The van der Waals surface area contributed by atoms with E-state index in [-0.39, 0.29) is 28.3 Å². The quantitative estimate of drug-likeness (QED) is 0.426. The summed E-state index contributed by atoms with van der Waals surface area (Å²) >= 11 is 0. The van der Waals surface area contributed by atoms with Gasteiger partial charge in [-0.3, -0.25) is 4.79 Å². The largest absolute Gasteiger partial charge is 0.359 e. The first-order chi connectivity index (χ1) is 15.2. The molecule has 10 nitrogen and oxygen atoms in total. The summed E-state index contributed by atoms with van der Waals surface area (Å²) in [5.74, 6) is 0.523. The van der Waals surface area contributed by atoms with Crippen LogP contribution in [0.2, 0.25) is 0 Å². The van der Waals surface area contributed by atoms with Gasteiger partial charge in [0.1, 0.15) is 28.9 Å². The van der Waals surface area contributed by atoms with Crippen LogP contribution >= 0.6 is 0 Å². The lowest BCUT2D eigenvalue weighted by molar-refractivity contribution is 0.102. The van der Waals surface area contributed by atoms with Gasteiger partial charge in [0.05, 0.1) is 11.9 Å². The minimum absolute atomic E-state index is 0.0535. The van der Waals surface area contributed by atoms with Crippen molar-refractivity contribution in [3.63, 3.8) is 0 Å². The van der Waals surface area contributed by atoms with E-state index in [0.717, 1.165) is 0 Å². The fourth-order valence-electron chi connectivity index (χ4n) is 2.83. The normalized spacial score (nSPS) is 11.4. The van der Waals surface area contributed by atoms with Gasteiger partial charge in [-0.2, -0.15) is 0 Å². The van der Waals surface area contributed by atoms with Gasteiger partial charge in [-0.05, 0) is 18.2 Å². The number of carbonyl (C=O) groups is 1. The Bertz CT molecular complexity index is 1300. The van der Waals surface area contributed by atoms with Crippen LogP contribution in [0.5, 0.6) is 0 Å².